The number of rotatable bonds is 5. The van der Waals surface area contributed by atoms with Crippen LogP contribution in [-0.2, 0) is 11.3 Å². The summed E-state index contributed by atoms with van der Waals surface area (Å²) in [6.07, 6.45) is 5.06. The number of hydrogen-bond donors (Lipinski definition) is 0. The Kier molecular flexibility index (Phi) is 5.33. The second kappa shape index (κ2) is 8.43. The van der Waals surface area contributed by atoms with Crippen molar-refractivity contribution in [3.63, 3.8) is 0 Å². The number of anilines is 1. The molecule has 7 heteroatoms. The van der Waals surface area contributed by atoms with E-state index >= 15 is 0 Å². The number of carbonyl (C=O) groups excluding carboxylic acids is 1. The van der Waals surface area contributed by atoms with E-state index in [1.54, 1.807) is 23.2 Å². The standard InChI is InChI=1S/C25H21N3O3S/c1-16-6-10-22-24(17(16)2)27-25(32-22)28(14-19-5-3-4-12-26-19)23(29)11-8-18-7-9-20-21(13-18)31-15-30-20/h3-13H,14-15H2,1-2H3/b11-8+. The molecule has 2 aromatic carbocycles. The average Bonchev–Trinajstić information content (AvgIpc) is 3.46. The van der Waals surface area contributed by atoms with Crippen LogP contribution in [0.3, 0.4) is 0 Å². The summed E-state index contributed by atoms with van der Waals surface area (Å²) in [6, 6.07) is 15.4. The predicted molar refractivity (Wildman–Crippen MR) is 126 cm³/mol. The van der Waals surface area contributed by atoms with Crippen LogP contribution < -0.4 is 14.4 Å². The van der Waals surface area contributed by atoms with E-state index in [4.69, 9.17) is 14.5 Å². The van der Waals surface area contributed by atoms with Crippen molar-refractivity contribution in [3.8, 4) is 11.5 Å². The van der Waals surface area contributed by atoms with Gasteiger partial charge in [-0.1, -0.05) is 29.5 Å². The molecule has 1 aliphatic heterocycles. The number of hydrogen-bond acceptors (Lipinski definition) is 6. The lowest BCUT2D eigenvalue weighted by Crippen LogP contribution is -2.29. The van der Waals surface area contributed by atoms with E-state index in [0.717, 1.165) is 27.0 Å². The summed E-state index contributed by atoms with van der Waals surface area (Å²) >= 11 is 1.51. The van der Waals surface area contributed by atoms with Crippen LogP contribution in [0.5, 0.6) is 11.5 Å². The van der Waals surface area contributed by atoms with Gasteiger partial charge in [-0.05, 0) is 66.9 Å². The van der Waals surface area contributed by atoms with Crippen molar-refractivity contribution in [1.82, 2.24) is 9.97 Å². The second-order valence-electron chi connectivity index (χ2n) is 7.54. The lowest BCUT2D eigenvalue weighted by molar-refractivity contribution is -0.114. The van der Waals surface area contributed by atoms with Crippen LogP contribution in [0.2, 0.25) is 0 Å². The van der Waals surface area contributed by atoms with Crippen molar-refractivity contribution in [2.24, 2.45) is 0 Å². The van der Waals surface area contributed by atoms with Gasteiger partial charge in [0.1, 0.15) is 0 Å². The highest BCUT2D eigenvalue weighted by Crippen LogP contribution is 2.34. The number of aryl methyl sites for hydroxylation is 2. The van der Waals surface area contributed by atoms with Crippen LogP contribution in [0.4, 0.5) is 5.13 Å². The van der Waals surface area contributed by atoms with Crippen molar-refractivity contribution in [1.29, 1.82) is 0 Å². The fraction of sp³-hybridized carbons (Fsp3) is 0.160. The van der Waals surface area contributed by atoms with Gasteiger partial charge in [0.15, 0.2) is 16.6 Å². The molecule has 0 saturated heterocycles. The third-order valence-electron chi connectivity index (χ3n) is 5.43. The Morgan fingerprint density at radius 1 is 1.12 bits per heavy atom. The molecule has 0 aliphatic carbocycles. The highest BCUT2D eigenvalue weighted by Gasteiger charge is 2.20. The largest absolute Gasteiger partial charge is 0.454 e. The van der Waals surface area contributed by atoms with Crippen molar-refractivity contribution in [3.05, 3.63) is 83.2 Å². The van der Waals surface area contributed by atoms with Crippen LogP contribution in [0.1, 0.15) is 22.4 Å². The van der Waals surface area contributed by atoms with Crippen molar-refractivity contribution in [2.45, 2.75) is 20.4 Å². The van der Waals surface area contributed by atoms with Gasteiger partial charge < -0.3 is 9.47 Å². The molecule has 0 radical (unpaired) electrons. The molecule has 5 rings (SSSR count). The first-order valence-corrected chi connectivity index (χ1v) is 11.1. The first-order valence-electron chi connectivity index (χ1n) is 10.2. The quantitative estimate of drug-likeness (QED) is 0.393. The van der Waals surface area contributed by atoms with Gasteiger partial charge in [0, 0.05) is 12.3 Å². The summed E-state index contributed by atoms with van der Waals surface area (Å²) in [5.41, 5.74) is 4.90. The van der Waals surface area contributed by atoms with E-state index in [0.29, 0.717) is 23.2 Å². The van der Waals surface area contributed by atoms with Crippen LogP contribution in [-0.4, -0.2) is 22.7 Å². The van der Waals surface area contributed by atoms with Gasteiger partial charge in [0.2, 0.25) is 6.79 Å². The van der Waals surface area contributed by atoms with E-state index in [9.17, 15) is 4.79 Å². The molecular weight excluding hydrogens is 422 g/mol. The minimum Gasteiger partial charge on any atom is -0.454 e. The number of aromatic nitrogens is 2. The van der Waals surface area contributed by atoms with Crippen molar-refractivity contribution in [2.75, 3.05) is 11.7 Å². The third kappa shape index (κ3) is 3.94. The molecule has 0 spiro atoms. The van der Waals surface area contributed by atoms with Crippen LogP contribution in [0.25, 0.3) is 16.3 Å². The van der Waals surface area contributed by atoms with Gasteiger partial charge in [-0.2, -0.15) is 0 Å². The number of fused-ring (bicyclic) bond motifs is 2. The zero-order valence-electron chi connectivity index (χ0n) is 17.7. The molecule has 0 saturated carbocycles. The molecule has 1 amide bonds. The fourth-order valence-corrected chi connectivity index (χ4v) is 4.53. The molecule has 2 aromatic heterocycles. The molecule has 0 atom stereocenters. The summed E-state index contributed by atoms with van der Waals surface area (Å²) in [6.45, 7) is 4.68. The molecule has 160 valence electrons. The van der Waals surface area contributed by atoms with Gasteiger partial charge in [0.05, 0.1) is 22.5 Å². The Morgan fingerprint density at radius 3 is 2.84 bits per heavy atom. The molecule has 6 nitrogen and oxygen atoms in total. The van der Waals surface area contributed by atoms with E-state index < -0.39 is 0 Å². The van der Waals surface area contributed by atoms with Crippen molar-refractivity contribution >= 4 is 38.7 Å². The van der Waals surface area contributed by atoms with E-state index in [1.807, 2.05) is 36.4 Å². The molecular formula is C25H21N3O3S. The number of amides is 1. The zero-order chi connectivity index (χ0) is 22.1. The molecule has 1 aliphatic rings. The molecule has 32 heavy (non-hydrogen) atoms. The summed E-state index contributed by atoms with van der Waals surface area (Å²) in [4.78, 5) is 24.2. The number of ether oxygens (including phenoxy) is 2. The number of benzene rings is 2. The fourth-order valence-electron chi connectivity index (χ4n) is 3.50. The molecule has 0 unspecified atom stereocenters. The summed E-state index contributed by atoms with van der Waals surface area (Å²) in [7, 11) is 0. The Balaban J connectivity index is 1.48. The Bertz CT molecular complexity index is 1330. The molecule has 0 fully saturated rings. The first kappa shape index (κ1) is 20.2. The minimum atomic E-state index is -0.165. The van der Waals surface area contributed by atoms with Gasteiger partial charge in [-0.15, -0.1) is 0 Å². The highest BCUT2D eigenvalue weighted by atomic mass is 32.1. The smallest absolute Gasteiger partial charge is 0.253 e. The monoisotopic (exact) mass is 443 g/mol. The number of carbonyl (C=O) groups is 1. The normalized spacial score (nSPS) is 12.6. The van der Waals surface area contributed by atoms with E-state index in [-0.39, 0.29) is 12.7 Å². The van der Waals surface area contributed by atoms with Crippen LogP contribution in [0.15, 0.2) is 60.8 Å². The third-order valence-corrected chi connectivity index (χ3v) is 6.48. The first-order chi connectivity index (χ1) is 15.6. The number of nitrogens with zero attached hydrogens (tertiary/aromatic N) is 3. The van der Waals surface area contributed by atoms with Crippen molar-refractivity contribution < 1.29 is 14.3 Å². The maximum Gasteiger partial charge on any atom is 0.253 e. The van der Waals surface area contributed by atoms with E-state index in [1.165, 1.54) is 16.9 Å². The second-order valence-corrected chi connectivity index (χ2v) is 8.55. The van der Waals surface area contributed by atoms with Crippen LogP contribution >= 0.6 is 11.3 Å². The predicted octanol–water partition coefficient (Wildman–Crippen LogP) is 5.28. The van der Waals surface area contributed by atoms with Gasteiger partial charge >= 0.3 is 0 Å². The van der Waals surface area contributed by atoms with Gasteiger partial charge in [-0.3, -0.25) is 14.7 Å². The van der Waals surface area contributed by atoms with Crippen LogP contribution in [0, 0.1) is 13.8 Å². The summed E-state index contributed by atoms with van der Waals surface area (Å²) in [5.74, 6) is 1.23. The number of thiazole rings is 1. The van der Waals surface area contributed by atoms with Gasteiger partial charge in [-0.25, -0.2) is 4.98 Å². The highest BCUT2D eigenvalue weighted by molar-refractivity contribution is 7.22. The molecule has 3 heterocycles. The molecule has 0 N–H and O–H groups in total. The Labute approximate surface area is 189 Å². The Hall–Kier alpha value is -3.71. The SMILES string of the molecule is Cc1ccc2sc(N(Cc3ccccn3)C(=O)/C=C/c3ccc4c(c3)OCO4)nc2c1C. The molecule has 4 aromatic rings. The lowest BCUT2D eigenvalue weighted by Gasteiger charge is -2.17. The van der Waals surface area contributed by atoms with Gasteiger partial charge in [0.25, 0.3) is 5.91 Å². The maximum atomic E-state index is 13.3. The zero-order valence-corrected chi connectivity index (χ0v) is 18.6. The Morgan fingerprint density at radius 2 is 2.00 bits per heavy atom. The number of pyridine rings is 1. The summed E-state index contributed by atoms with van der Waals surface area (Å²) < 4.78 is 11.8. The average molecular weight is 444 g/mol. The van der Waals surface area contributed by atoms with E-state index in [2.05, 4.69) is 31.0 Å². The summed E-state index contributed by atoms with van der Waals surface area (Å²) in [5, 5.41) is 0.652. The molecule has 0 bridgehead atoms. The minimum absolute atomic E-state index is 0.165. The lowest BCUT2D eigenvalue weighted by atomic mass is 10.1. The maximum absolute atomic E-state index is 13.3. The topological polar surface area (TPSA) is 64.6 Å².